The van der Waals surface area contributed by atoms with Gasteiger partial charge in [0.05, 0.1) is 18.4 Å². The number of hydrogen-bond donors (Lipinski definition) is 3. The number of ether oxygens (including phenoxy) is 1. The zero-order valence-electron chi connectivity index (χ0n) is 16.9. The van der Waals surface area contributed by atoms with Crippen molar-refractivity contribution in [2.24, 2.45) is 17.4 Å². The van der Waals surface area contributed by atoms with Crippen LogP contribution < -0.4 is 21.7 Å². The summed E-state index contributed by atoms with van der Waals surface area (Å²) in [6.45, 7) is 4.11. The Balaban J connectivity index is 2.48. The molecule has 0 spiro atoms. The molecule has 0 radical (unpaired) electrons. The van der Waals surface area contributed by atoms with E-state index in [1.54, 1.807) is 24.3 Å². The highest BCUT2D eigenvalue weighted by Gasteiger charge is 2.54. The lowest BCUT2D eigenvalue weighted by atomic mass is 9.91. The molecule has 2 rings (SSSR count). The Morgan fingerprint density at radius 3 is 2.41 bits per heavy atom. The van der Waals surface area contributed by atoms with Gasteiger partial charge in [-0.25, -0.2) is 4.79 Å². The molecule has 29 heavy (non-hydrogen) atoms. The first-order valence-corrected chi connectivity index (χ1v) is 9.50. The van der Waals surface area contributed by atoms with Crippen molar-refractivity contribution in [3.8, 4) is 0 Å². The Morgan fingerprint density at radius 2 is 1.86 bits per heavy atom. The first-order valence-electron chi connectivity index (χ1n) is 9.50. The van der Waals surface area contributed by atoms with E-state index in [0.29, 0.717) is 25.1 Å². The molecule has 5 N–H and O–H groups in total. The molecule has 1 saturated heterocycles. The third-order valence-electron chi connectivity index (χ3n) is 5.12. The summed E-state index contributed by atoms with van der Waals surface area (Å²) >= 11 is 0. The molecule has 0 aromatic heterocycles. The SMILES string of the molecule is COC(=O)c1ccccc1N1CCC[C@@]1(C(N)=O)C(=O)N[C@@H](CC(C)C)C(N)=O. The van der Waals surface area contributed by atoms with E-state index in [9.17, 15) is 19.2 Å². The summed E-state index contributed by atoms with van der Waals surface area (Å²) in [4.78, 5) is 51.4. The van der Waals surface area contributed by atoms with Gasteiger partial charge in [-0.3, -0.25) is 14.4 Å². The summed E-state index contributed by atoms with van der Waals surface area (Å²) in [5.74, 6) is -2.75. The highest BCUT2D eigenvalue weighted by molar-refractivity contribution is 6.14. The number of carbonyl (C=O) groups excluding carboxylic acids is 4. The van der Waals surface area contributed by atoms with E-state index in [0.717, 1.165) is 0 Å². The molecule has 1 fully saturated rings. The van der Waals surface area contributed by atoms with Crippen molar-refractivity contribution in [3.63, 3.8) is 0 Å². The number of rotatable bonds is 8. The van der Waals surface area contributed by atoms with Crippen molar-refractivity contribution in [2.45, 2.75) is 44.7 Å². The van der Waals surface area contributed by atoms with Crippen LogP contribution in [0.15, 0.2) is 24.3 Å². The van der Waals surface area contributed by atoms with Crippen LogP contribution in [0.4, 0.5) is 5.69 Å². The van der Waals surface area contributed by atoms with E-state index >= 15 is 0 Å². The lowest BCUT2D eigenvalue weighted by Gasteiger charge is -2.37. The van der Waals surface area contributed by atoms with Gasteiger partial charge in [-0.1, -0.05) is 26.0 Å². The molecule has 0 saturated carbocycles. The number of carbonyl (C=O) groups is 4. The Kier molecular flexibility index (Phi) is 6.84. The number of benzene rings is 1. The minimum absolute atomic E-state index is 0.0945. The minimum Gasteiger partial charge on any atom is -0.465 e. The quantitative estimate of drug-likeness (QED) is 0.420. The molecule has 3 amide bonds. The van der Waals surface area contributed by atoms with Gasteiger partial charge in [-0.15, -0.1) is 0 Å². The predicted octanol–water partition coefficient (Wildman–Crippen LogP) is 0.314. The standard InChI is InChI=1S/C20H28N4O5/c1-12(2)11-14(16(21)25)23-19(28)20(18(22)27)9-6-10-24(20)15-8-5-4-7-13(15)17(26)29-3/h4-5,7-8,12,14H,6,9-11H2,1-3H3,(H2,21,25)(H2,22,27)(H,23,28)/t14-,20+/m0/s1. The number of esters is 1. The second kappa shape index (κ2) is 8.93. The van der Waals surface area contributed by atoms with Gasteiger partial charge >= 0.3 is 5.97 Å². The van der Waals surface area contributed by atoms with Gasteiger partial charge in [0.1, 0.15) is 6.04 Å². The Morgan fingerprint density at radius 1 is 1.21 bits per heavy atom. The molecular formula is C20H28N4O5. The van der Waals surface area contributed by atoms with Crippen molar-refractivity contribution >= 4 is 29.4 Å². The highest BCUT2D eigenvalue weighted by Crippen LogP contribution is 2.37. The fraction of sp³-hybridized carbons (Fsp3) is 0.500. The Labute approximate surface area is 169 Å². The molecule has 0 aliphatic carbocycles. The van der Waals surface area contributed by atoms with E-state index in [1.165, 1.54) is 12.0 Å². The average molecular weight is 404 g/mol. The van der Waals surface area contributed by atoms with Crippen LogP contribution in [0.25, 0.3) is 0 Å². The molecule has 1 aromatic rings. The molecule has 0 bridgehead atoms. The van der Waals surface area contributed by atoms with Crippen LogP contribution in [0, 0.1) is 5.92 Å². The van der Waals surface area contributed by atoms with Crippen molar-refractivity contribution in [1.29, 1.82) is 0 Å². The first-order chi connectivity index (χ1) is 13.6. The van der Waals surface area contributed by atoms with Gasteiger partial charge < -0.3 is 26.4 Å². The van der Waals surface area contributed by atoms with Crippen molar-refractivity contribution < 1.29 is 23.9 Å². The minimum atomic E-state index is -1.74. The number of nitrogens with two attached hydrogens (primary N) is 2. The summed E-state index contributed by atoms with van der Waals surface area (Å²) in [7, 11) is 1.25. The maximum Gasteiger partial charge on any atom is 0.339 e. The lowest BCUT2D eigenvalue weighted by Crippen LogP contribution is -2.65. The first kappa shape index (κ1) is 22.2. The van der Waals surface area contributed by atoms with Crippen molar-refractivity contribution in [3.05, 3.63) is 29.8 Å². The topological polar surface area (TPSA) is 145 Å². The largest absolute Gasteiger partial charge is 0.465 e. The van der Waals surface area contributed by atoms with E-state index in [-0.39, 0.29) is 17.9 Å². The number of anilines is 1. The number of para-hydroxylation sites is 1. The zero-order valence-corrected chi connectivity index (χ0v) is 16.9. The summed E-state index contributed by atoms with van der Waals surface area (Å²) in [6, 6.07) is 5.59. The maximum atomic E-state index is 13.3. The van der Waals surface area contributed by atoms with Crippen LogP contribution in [-0.4, -0.2) is 48.9 Å². The van der Waals surface area contributed by atoms with Crippen LogP contribution in [0.3, 0.4) is 0 Å². The summed E-state index contributed by atoms with van der Waals surface area (Å²) in [5, 5.41) is 2.60. The number of nitrogens with zero attached hydrogens (tertiary/aromatic N) is 1. The van der Waals surface area contributed by atoms with E-state index in [4.69, 9.17) is 16.2 Å². The Hall–Kier alpha value is -3.10. The molecule has 1 aromatic carbocycles. The second-order valence-electron chi connectivity index (χ2n) is 7.55. The van der Waals surface area contributed by atoms with Crippen LogP contribution in [-0.2, 0) is 19.1 Å². The average Bonchev–Trinajstić information content (AvgIpc) is 3.12. The van der Waals surface area contributed by atoms with Gasteiger partial charge in [-0.2, -0.15) is 0 Å². The van der Waals surface area contributed by atoms with Crippen LogP contribution in [0.1, 0.15) is 43.5 Å². The van der Waals surface area contributed by atoms with Crippen LogP contribution in [0.2, 0.25) is 0 Å². The Bertz CT molecular complexity index is 810. The fourth-order valence-corrected chi connectivity index (χ4v) is 3.74. The summed E-state index contributed by atoms with van der Waals surface area (Å²) < 4.78 is 4.82. The van der Waals surface area contributed by atoms with E-state index < -0.39 is 35.3 Å². The molecule has 0 unspecified atom stereocenters. The third kappa shape index (κ3) is 4.33. The van der Waals surface area contributed by atoms with Gasteiger partial charge in [0, 0.05) is 6.54 Å². The molecule has 1 heterocycles. The lowest BCUT2D eigenvalue weighted by molar-refractivity contribution is -0.137. The molecule has 158 valence electrons. The number of primary amides is 2. The van der Waals surface area contributed by atoms with Crippen LogP contribution >= 0.6 is 0 Å². The number of amides is 3. The van der Waals surface area contributed by atoms with Crippen molar-refractivity contribution in [1.82, 2.24) is 5.32 Å². The monoisotopic (exact) mass is 404 g/mol. The van der Waals surface area contributed by atoms with E-state index in [1.807, 2.05) is 13.8 Å². The molecule has 9 nitrogen and oxygen atoms in total. The molecular weight excluding hydrogens is 376 g/mol. The second-order valence-corrected chi connectivity index (χ2v) is 7.55. The maximum absolute atomic E-state index is 13.3. The number of methoxy groups -OCH3 is 1. The summed E-state index contributed by atoms with van der Waals surface area (Å²) in [5.41, 5.74) is 9.97. The van der Waals surface area contributed by atoms with E-state index in [2.05, 4.69) is 5.32 Å². The third-order valence-corrected chi connectivity index (χ3v) is 5.12. The van der Waals surface area contributed by atoms with Gasteiger partial charge in [-0.05, 0) is 37.3 Å². The fourth-order valence-electron chi connectivity index (χ4n) is 3.74. The van der Waals surface area contributed by atoms with Gasteiger partial charge in [0.15, 0.2) is 5.54 Å². The molecule has 1 aliphatic rings. The smallest absolute Gasteiger partial charge is 0.339 e. The molecule has 9 heteroatoms. The molecule has 1 aliphatic heterocycles. The normalized spacial score (nSPS) is 19.7. The number of hydrogen-bond acceptors (Lipinski definition) is 6. The molecule has 2 atom stereocenters. The van der Waals surface area contributed by atoms with Crippen LogP contribution in [0.5, 0.6) is 0 Å². The highest BCUT2D eigenvalue weighted by atomic mass is 16.5. The summed E-state index contributed by atoms with van der Waals surface area (Å²) in [6.07, 6.45) is 0.975. The van der Waals surface area contributed by atoms with Gasteiger partial charge in [0.25, 0.3) is 11.8 Å². The predicted molar refractivity (Wildman–Crippen MR) is 107 cm³/mol. The van der Waals surface area contributed by atoms with Gasteiger partial charge in [0.2, 0.25) is 5.91 Å². The van der Waals surface area contributed by atoms with Crippen molar-refractivity contribution in [2.75, 3.05) is 18.6 Å². The number of nitrogens with one attached hydrogen (secondary N) is 1. The zero-order chi connectivity index (χ0) is 21.8.